The molecule has 2 aromatic rings. The van der Waals surface area contributed by atoms with E-state index in [1.54, 1.807) is 0 Å². The van der Waals surface area contributed by atoms with E-state index in [9.17, 15) is 0 Å². The highest BCUT2D eigenvalue weighted by atomic mass is 127. The summed E-state index contributed by atoms with van der Waals surface area (Å²) in [5, 5.41) is 12.2. The molecule has 0 atom stereocenters. The van der Waals surface area contributed by atoms with Crippen molar-refractivity contribution in [3.05, 3.63) is 71.8 Å². The lowest BCUT2D eigenvalue weighted by molar-refractivity contribution is 0.983. The number of halogens is 1. The highest BCUT2D eigenvalue weighted by Crippen LogP contribution is 2.01. The molecule has 0 aliphatic carbocycles. The molecule has 0 saturated heterocycles. The van der Waals surface area contributed by atoms with Gasteiger partial charge in [-0.1, -0.05) is 60.7 Å². The first kappa shape index (κ1) is 18.8. The number of guanidine groups is 1. The third kappa shape index (κ3) is 6.19. The Morgan fingerprint density at radius 2 is 1.26 bits per heavy atom. The van der Waals surface area contributed by atoms with E-state index in [1.807, 2.05) is 74.5 Å². The van der Waals surface area contributed by atoms with Gasteiger partial charge in [0.1, 0.15) is 0 Å². The molecule has 0 fully saturated rings. The Bertz CT molecular complexity index is 693. The number of benzene rings is 2. The van der Waals surface area contributed by atoms with Crippen molar-refractivity contribution < 1.29 is 0 Å². The Kier molecular flexibility index (Phi) is 7.96. The van der Waals surface area contributed by atoms with E-state index in [0.717, 1.165) is 22.6 Å². The van der Waals surface area contributed by atoms with Crippen LogP contribution in [0.1, 0.15) is 25.0 Å². The van der Waals surface area contributed by atoms with Crippen molar-refractivity contribution in [2.24, 2.45) is 21.0 Å². The second-order valence-electron chi connectivity index (χ2n) is 4.71. The monoisotopic (exact) mass is 421 g/mol. The number of rotatable bonds is 4. The summed E-state index contributed by atoms with van der Waals surface area (Å²) in [4.78, 5) is 0. The van der Waals surface area contributed by atoms with E-state index in [2.05, 4.69) is 20.7 Å². The maximum Gasteiger partial charge on any atom is 0.234 e. The molecule has 5 nitrogen and oxygen atoms in total. The molecule has 0 spiro atoms. The van der Waals surface area contributed by atoms with Gasteiger partial charge in [-0.2, -0.15) is 10.2 Å². The van der Waals surface area contributed by atoms with Crippen LogP contribution >= 0.6 is 24.0 Å². The molecule has 0 bridgehead atoms. The van der Waals surface area contributed by atoms with Gasteiger partial charge in [-0.25, -0.2) is 5.43 Å². The Balaban J connectivity index is 0.00000264. The number of nitrogens with one attached hydrogen (secondary N) is 1. The third-order valence-electron chi connectivity index (χ3n) is 3.03. The predicted octanol–water partition coefficient (Wildman–Crippen LogP) is 3.36. The summed E-state index contributed by atoms with van der Waals surface area (Å²) in [6.07, 6.45) is 0. The molecule has 3 N–H and O–H groups in total. The number of nitrogens with two attached hydrogens (primary N) is 1. The van der Waals surface area contributed by atoms with E-state index >= 15 is 0 Å². The Hall–Kier alpha value is -2.22. The van der Waals surface area contributed by atoms with Crippen molar-refractivity contribution in [1.29, 1.82) is 0 Å². The molecule has 0 aliphatic heterocycles. The molecule has 0 unspecified atom stereocenters. The quantitative estimate of drug-likeness (QED) is 0.344. The second-order valence-corrected chi connectivity index (χ2v) is 4.71. The molecule has 2 rings (SSSR count). The average Bonchev–Trinajstić information content (AvgIpc) is 2.59. The summed E-state index contributed by atoms with van der Waals surface area (Å²) in [6.45, 7) is 3.78. The van der Waals surface area contributed by atoms with Crippen LogP contribution in [0.15, 0.2) is 76.0 Å². The van der Waals surface area contributed by atoms with Crippen LogP contribution in [-0.2, 0) is 0 Å². The molecule has 23 heavy (non-hydrogen) atoms. The van der Waals surface area contributed by atoms with Crippen molar-refractivity contribution in [2.75, 3.05) is 0 Å². The minimum absolute atomic E-state index is 0. The van der Waals surface area contributed by atoms with Crippen molar-refractivity contribution in [3.8, 4) is 0 Å². The summed E-state index contributed by atoms with van der Waals surface area (Å²) in [6, 6.07) is 19.6. The zero-order valence-electron chi connectivity index (χ0n) is 13.1. The first-order valence-electron chi connectivity index (χ1n) is 6.95. The molecule has 0 aromatic heterocycles. The zero-order valence-corrected chi connectivity index (χ0v) is 15.4. The largest absolute Gasteiger partial charge is 0.367 e. The molecule has 0 amide bonds. The normalized spacial score (nSPS) is 12.5. The summed E-state index contributed by atoms with van der Waals surface area (Å²) in [7, 11) is 0. The van der Waals surface area contributed by atoms with Crippen molar-refractivity contribution in [1.82, 2.24) is 5.43 Å². The predicted molar refractivity (Wildman–Crippen MR) is 107 cm³/mol. The van der Waals surface area contributed by atoms with Gasteiger partial charge in [0, 0.05) is 0 Å². The topological polar surface area (TPSA) is 75.1 Å². The van der Waals surface area contributed by atoms with Gasteiger partial charge in [-0.05, 0) is 25.0 Å². The van der Waals surface area contributed by atoms with Gasteiger partial charge in [0.2, 0.25) is 5.96 Å². The Morgan fingerprint density at radius 3 is 1.78 bits per heavy atom. The number of hydrogen-bond acceptors (Lipinski definition) is 3. The molecular formula is C17H20IN5. The SMILES string of the molecule is C/C(=N\N=C(/N)N/N=C(\C)c1ccccc1)c1ccccc1.I. The Morgan fingerprint density at radius 1 is 0.783 bits per heavy atom. The van der Waals surface area contributed by atoms with Crippen LogP contribution in [0.25, 0.3) is 0 Å². The van der Waals surface area contributed by atoms with Crippen LogP contribution in [0, 0.1) is 0 Å². The van der Waals surface area contributed by atoms with Gasteiger partial charge < -0.3 is 5.73 Å². The number of nitrogens with zero attached hydrogens (tertiary/aromatic N) is 3. The fraction of sp³-hybridized carbons (Fsp3) is 0.118. The van der Waals surface area contributed by atoms with Crippen LogP contribution in [0.3, 0.4) is 0 Å². The first-order valence-corrected chi connectivity index (χ1v) is 6.95. The van der Waals surface area contributed by atoms with Gasteiger partial charge in [0.25, 0.3) is 0 Å². The molecule has 120 valence electrons. The molecule has 0 saturated carbocycles. The minimum atomic E-state index is 0. The van der Waals surface area contributed by atoms with E-state index in [4.69, 9.17) is 5.73 Å². The lowest BCUT2D eigenvalue weighted by Crippen LogP contribution is -2.27. The third-order valence-corrected chi connectivity index (χ3v) is 3.03. The highest BCUT2D eigenvalue weighted by molar-refractivity contribution is 14.0. The van der Waals surface area contributed by atoms with Gasteiger partial charge in [0.15, 0.2) is 0 Å². The molecule has 0 heterocycles. The van der Waals surface area contributed by atoms with Crippen molar-refractivity contribution >= 4 is 41.4 Å². The van der Waals surface area contributed by atoms with Crippen molar-refractivity contribution in [2.45, 2.75) is 13.8 Å². The fourth-order valence-corrected chi connectivity index (χ4v) is 1.77. The van der Waals surface area contributed by atoms with Crippen LogP contribution in [0.5, 0.6) is 0 Å². The van der Waals surface area contributed by atoms with Gasteiger partial charge in [-0.3, -0.25) is 0 Å². The molecule has 6 heteroatoms. The summed E-state index contributed by atoms with van der Waals surface area (Å²) in [5.41, 5.74) is 12.1. The van der Waals surface area contributed by atoms with Gasteiger partial charge in [0.05, 0.1) is 11.4 Å². The lowest BCUT2D eigenvalue weighted by atomic mass is 10.1. The van der Waals surface area contributed by atoms with Crippen LogP contribution in [0.4, 0.5) is 0 Å². The molecule has 2 aromatic carbocycles. The summed E-state index contributed by atoms with van der Waals surface area (Å²) in [5.74, 6) is 0.144. The smallest absolute Gasteiger partial charge is 0.234 e. The zero-order chi connectivity index (χ0) is 15.8. The van der Waals surface area contributed by atoms with E-state index < -0.39 is 0 Å². The fourth-order valence-electron chi connectivity index (χ4n) is 1.77. The van der Waals surface area contributed by atoms with E-state index in [1.165, 1.54) is 0 Å². The Labute approximate surface area is 153 Å². The first-order chi connectivity index (χ1) is 10.7. The molecular weight excluding hydrogens is 401 g/mol. The average molecular weight is 421 g/mol. The maximum atomic E-state index is 5.75. The van der Waals surface area contributed by atoms with Gasteiger partial charge >= 0.3 is 0 Å². The lowest BCUT2D eigenvalue weighted by Gasteiger charge is -2.02. The highest BCUT2D eigenvalue weighted by Gasteiger charge is 1.97. The van der Waals surface area contributed by atoms with Crippen LogP contribution in [-0.4, -0.2) is 17.4 Å². The summed E-state index contributed by atoms with van der Waals surface area (Å²) < 4.78 is 0. The molecule has 0 radical (unpaired) electrons. The van der Waals surface area contributed by atoms with E-state index in [-0.39, 0.29) is 29.9 Å². The standard InChI is InChI=1S/C17H19N5.HI/c1-13(15-9-5-3-6-10-15)19-21-17(18)22-20-14(2)16-11-7-4-8-12-16;/h3-12H,1-2H3,(H3,18,21,22);1H/b19-13+,20-14+;. The van der Waals surface area contributed by atoms with Crippen LogP contribution < -0.4 is 11.2 Å². The van der Waals surface area contributed by atoms with Crippen molar-refractivity contribution in [3.63, 3.8) is 0 Å². The van der Waals surface area contributed by atoms with Crippen LogP contribution in [0.2, 0.25) is 0 Å². The minimum Gasteiger partial charge on any atom is -0.367 e. The number of hydrazone groups is 1. The summed E-state index contributed by atoms with van der Waals surface area (Å²) >= 11 is 0. The maximum absolute atomic E-state index is 5.75. The molecule has 0 aliphatic rings. The number of hydrogen-bond donors (Lipinski definition) is 2. The van der Waals surface area contributed by atoms with E-state index in [0.29, 0.717) is 0 Å². The second kappa shape index (κ2) is 9.73. The van der Waals surface area contributed by atoms with Gasteiger partial charge in [-0.15, -0.1) is 29.1 Å².